The fraction of sp³-hybridized carbons (Fsp3) is 1.00. The van der Waals surface area contributed by atoms with Gasteiger partial charge in [-0.1, -0.05) is 13.8 Å². The number of aliphatic hydroxyl groups is 1. The highest BCUT2D eigenvalue weighted by molar-refractivity contribution is 4.66. The molecule has 0 aliphatic carbocycles. The van der Waals surface area contributed by atoms with Gasteiger partial charge in [-0.2, -0.15) is 0 Å². The summed E-state index contributed by atoms with van der Waals surface area (Å²) in [5, 5.41) is 9.00. The summed E-state index contributed by atoms with van der Waals surface area (Å²) in [6.45, 7) is 5.49. The van der Waals surface area contributed by atoms with Crippen LogP contribution in [-0.4, -0.2) is 31.2 Å². The molecule has 3 heteroatoms. The van der Waals surface area contributed by atoms with E-state index in [4.69, 9.17) is 14.6 Å². The van der Waals surface area contributed by atoms with Crippen molar-refractivity contribution in [2.75, 3.05) is 19.8 Å². The summed E-state index contributed by atoms with van der Waals surface area (Å²) < 4.78 is 11.0. The Bertz CT molecular complexity index is 139. The van der Waals surface area contributed by atoms with Crippen LogP contribution in [0.15, 0.2) is 0 Å². The molecule has 78 valence electrons. The summed E-state index contributed by atoms with van der Waals surface area (Å²) in [6.07, 6.45) is 3.27. The minimum absolute atomic E-state index is 0.0421. The van der Waals surface area contributed by atoms with Gasteiger partial charge in [-0.3, -0.25) is 0 Å². The molecule has 0 radical (unpaired) electrons. The SMILES string of the molecule is CC(C)(CO)CO[C@@H]1CCCCO1. The van der Waals surface area contributed by atoms with Crippen LogP contribution in [0, 0.1) is 5.41 Å². The summed E-state index contributed by atoms with van der Waals surface area (Å²) in [5.74, 6) is 0. The predicted octanol–water partition coefficient (Wildman–Crippen LogP) is 1.55. The van der Waals surface area contributed by atoms with Crippen molar-refractivity contribution >= 4 is 0 Å². The maximum atomic E-state index is 9.00. The molecule has 1 aliphatic rings. The monoisotopic (exact) mass is 188 g/mol. The molecule has 0 aromatic rings. The van der Waals surface area contributed by atoms with Gasteiger partial charge in [0.05, 0.1) is 13.2 Å². The third kappa shape index (κ3) is 4.07. The lowest BCUT2D eigenvalue weighted by atomic mass is 9.96. The van der Waals surface area contributed by atoms with Gasteiger partial charge in [0.25, 0.3) is 0 Å². The lowest BCUT2D eigenvalue weighted by molar-refractivity contribution is -0.178. The molecule has 0 aromatic heterocycles. The minimum atomic E-state index is -0.152. The van der Waals surface area contributed by atoms with Gasteiger partial charge in [-0.25, -0.2) is 0 Å². The molecule has 1 heterocycles. The van der Waals surface area contributed by atoms with Crippen LogP contribution < -0.4 is 0 Å². The quantitative estimate of drug-likeness (QED) is 0.727. The molecule has 0 spiro atoms. The Balaban J connectivity index is 2.17. The largest absolute Gasteiger partial charge is 0.396 e. The van der Waals surface area contributed by atoms with Gasteiger partial charge in [0.2, 0.25) is 0 Å². The van der Waals surface area contributed by atoms with Gasteiger partial charge >= 0.3 is 0 Å². The molecule has 1 aliphatic heterocycles. The van der Waals surface area contributed by atoms with Crippen molar-refractivity contribution in [3.63, 3.8) is 0 Å². The lowest BCUT2D eigenvalue weighted by Crippen LogP contribution is -2.30. The number of hydrogen-bond donors (Lipinski definition) is 1. The molecular formula is C10H20O3. The highest BCUT2D eigenvalue weighted by atomic mass is 16.7. The van der Waals surface area contributed by atoms with E-state index in [1.165, 1.54) is 6.42 Å². The summed E-state index contributed by atoms with van der Waals surface area (Å²) in [4.78, 5) is 0. The van der Waals surface area contributed by atoms with Crippen LogP contribution in [-0.2, 0) is 9.47 Å². The average Bonchev–Trinajstić information content (AvgIpc) is 2.17. The summed E-state index contributed by atoms with van der Waals surface area (Å²) in [7, 11) is 0. The van der Waals surface area contributed by atoms with Gasteiger partial charge in [0.1, 0.15) is 0 Å². The van der Waals surface area contributed by atoms with E-state index in [9.17, 15) is 0 Å². The molecule has 1 saturated heterocycles. The average molecular weight is 188 g/mol. The Morgan fingerprint density at radius 2 is 2.23 bits per heavy atom. The molecule has 1 fully saturated rings. The van der Waals surface area contributed by atoms with E-state index >= 15 is 0 Å². The van der Waals surface area contributed by atoms with Crippen molar-refractivity contribution in [1.29, 1.82) is 0 Å². The van der Waals surface area contributed by atoms with Crippen LogP contribution in [0.5, 0.6) is 0 Å². The molecule has 0 saturated carbocycles. The first kappa shape index (κ1) is 11.0. The third-order valence-corrected chi connectivity index (χ3v) is 2.23. The first-order chi connectivity index (χ1) is 6.14. The van der Waals surface area contributed by atoms with Crippen molar-refractivity contribution in [1.82, 2.24) is 0 Å². The van der Waals surface area contributed by atoms with Crippen molar-refractivity contribution in [2.45, 2.75) is 39.4 Å². The van der Waals surface area contributed by atoms with Gasteiger partial charge < -0.3 is 14.6 Å². The lowest BCUT2D eigenvalue weighted by Gasteiger charge is -2.27. The number of ether oxygens (including phenoxy) is 2. The predicted molar refractivity (Wildman–Crippen MR) is 50.4 cm³/mol. The fourth-order valence-electron chi connectivity index (χ4n) is 1.21. The Labute approximate surface area is 80.0 Å². The van der Waals surface area contributed by atoms with Crippen LogP contribution in [0.1, 0.15) is 33.1 Å². The van der Waals surface area contributed by atoms with E-state index in [-0.39, 0.29) is 18.3 Å². The van der Waals surface area contributed by atoms with E-state index in [0.717, 1.165) is 19.4 Å². The van der Waals surface area contributed by atoms with Crippen LogP contribution in [0.3, 0.4) is 0 Å². The normalized spacial score (nSPS) is 24.7. The van der Waals surface area contributed by atoms with Crippen LogP contribution in [0.4, 0.5) is 0 Å². The fourth-order valence-corrected chi connectivity index (χ4v) is 1.21. The van der Waals surface area contributed by atoms with E-state index in [2.05, 4.69) is 0 Å². The molecule has 0 unspecified atom stereocenters. The Morgan fingerprint density at radius 1 is 1.46 bits per heavy atom. The smallest absolute Gasteiger partial charge is 0.157 e. The Kier molecular flexibility index (Phi) is 4.16. The van der Waals surface area contributed by atoms with Crippen molar-refractivity contribution in [3.8, 4) is 0 Å². The summed E-state index contributed by atoms with van der Waals surface area (Å²) >= 11 is 0. The zero-order chi connectivity index (χ0) is 9.73. The molecule has 13 heavy (non-hydrogen) atoms. The van der Waals surface area contributed by atoms with E-state index in [1.807, 2.05) is 13.8 Å². The Hall–Kier alpha value is -0.120. The van der Waals surface area contributed by atoms with Crippen LogP contribution in [0.25, 0.3) is 0 Å². The van der Waals surface area contributed by atoms with Crippen molar-refractivity contribution in [3.05, 3.63) is 0 Å². The number of rotatable bonds is 4. The second-order valence-corrected chi connectivity index (χ2v) is 4.43. The molecule has 1 atom stereocenters. The highest BCUT2D eigenvalue weighted by Crippen LogP contribution is 2.19. The van der Waals surface area contributed by atoms with Gasteiger partial charge in [0.15, 0.2) is 6.29 Å². The molecule has 1 rings (SSSR count). The third-order valence-electron chi connectivity index (χ3n) is 2.23. The topological polar surface area (TPSA) is 38.7 Å². The standard InChI is InChI=1S/C10H20O3/c1-10(2,7-11)8-13-9-5-3-4-6-12-9/h9,11H,3-8H2,1-2H3/t9-/m1/s1. The van der Waals surface area contributed by atoms with Gasteiger partial charge in [0, 0.05) is 12.0 Å². The van der Waals surface area contributed by atoms with Crippen molar-refractivity contribution in [2.24, 2.45) is 5.41 Å². The van der Waals surface area contributed by atoms with Gasteiger partial charge in [-0.05, 0) is 19.3 Å². The molecular weight excluding hydrogens is 168 g/mol. The van der Waals surface area contributed by atoms with Crippen LogP contribution in [0.2, 0.25) is 0 Å². The zero-order valence-corrected chi connectivity index (χ0v) is 8.58. The summed E-state index contributed by atoms with van der Waals surface area (Å²) in [5.41, 5.74) is -0.152. The Morgan fingerprint density at radius 3 is 2.77 bits per heavy atom. The first-order valence-corrected chi connectivity index (χ1v) is 4.98. The molecule has 0 aromatic carbocycles. The number of hydrogen-bond acceptors (Lipinski definition) is 3. The summed E-state index contributed by atoms with van der Waals surface area (Å²) in [6, 6.07) is 0. The second kappa shape index (κ2) is 4.94. The minimum Gasteiger partial charge on any atom is -0.396 e. The maximum absolute atomic E-state index is 9.00. The first-order valence-electron chi connectivity index (χ1n) is 4.98. The second-order valence-electron chi connectivity index (χ2n) is 4.43. The highest BCUT2D eigenvalue weighted by Gasteiger charge is 2.21. The van der Waals surface area contributed by atoms with Crippen LogP contribution >= 0.6 is 0 Å². The molecule has 0 bridgehead atoms. The molecule has 3 nitrogen and oxygen atoms in total. The molecule has 1 N–H and O–H groups in total. The van der Waals surface area contributed by atoms with E-state index in [1.54, 1.807) is 0 Å². The number of aliphatic hydroxyl groups excluding tert-OH is 1. The van der Waals surface area contributed by atoms with Crippen molar-refractivity contribution < 1.29 is 14.6 Å². The van der Waals surface area contributed by atoms with E-state index in [0.29, 0.717) is 6.61 Å². The van der Waals surface area contributed by atoms with E-state index < -0.39 is 0 Å². The van der Waals surface area contributed by atoms with Gasteiger partial charge in [-0.15, -0.1) is 0 Å². The molecule has 0 amide bonds. The maximum Gasteiger partial charge on any atom is 0.157 e. The zero-order valence-electron chi connectivity index (χ0n) is 8.58.